The van der Waals surface area contributed by atoms with Crippen LogP contribution in [0, 0.1) is 0 Å². The predicted octanol–water partition coefficient (Wildman–Crippen LogP) is 3.10. The van der Waals surface area contributed by atoms with Crippen LogP contribution in [0.1, 0.15) is 34.1 Å². The van der Waals surface area contributed by atoms with Gasteiger partial charge in [0.1, 0.15) is 12.4 Å². The van der Waals surface area contributed by atoms with Gasteiger partial charge >= 0.3 is 0 Å². The fraction of sp³-hybridized carbons (Fsp3) is 0.643. The molecule has 1 N–H and O–H groups in total. The average Bonchev–Trinajstić information content (AvgIpc) is 2.27. The van der Waals surface area contributed by atoms with Crippen LogP contribution >= 0.6 is 0 Å². The molecule has 1 aromatic rings. The molecule has 0 aliphatic rings. The van der Waals surface area contributed by atoms with Crippen molar-refractivity contribution in [2.24, 2.45) is 0 Å². The molecule has 1 rings (SSSR count). The Morgan fingerprint density at radius 3 is 2.61 bits per heavy atom. The zero-order chi connectivity index (χ0) is 13.4. The van der Waals surface area contributed by atoms with Crippen molar-refractivity contribution in [1.82, 2.24) is 4.98 Å². The number of pyridine rings is 1. The molecule has 0 amide bonds. The van der Waals surface area contributed by atoms with Gasteiger partial charge in [-0.3, -0.25) is 0 Å². The van der Waals surface area contributed by atoms with Crippen LogP contribution in [-0.2, 0) is 4.74 Å². The molecule has 0 aromatic carbocycles. The summed E-state index contributed by atoms with van der Waals surface area (Å²) in [5.41, 5.74) is -0.00411. The quantitative estimate of drug-likeness (QED) is 0.757. The molecular weight excluding hydrogens is 228 g/mol. The van der Waals surface area contributed by atoms with Crippen molar-refractivity contribution in [3.05, 3.63) is 18.2 Å². The van der Waals surface area contributed by atoms with E-state index in [1.165, 1.54) is 0 Å². The molecule has 0 spiro atoms. The summed E-state index contributed by atoms with van der Waals surface area (Å²) in [4.78, 5) is 4.39. The molecule has 4 nitrogen and oxygen atoms in total. The molecule has 0 aliphatic carbocycles. The molecule has 0 fully saturated rings. The van der Waals surface area contributed by atoms with E-state index in [9.17, 15) is 0 Å². The van der Waals surface area contributed by atoms with Crippen LogP contribution in [0.15, 0.2) is 18.2 Å². The third-order valence-electron chi connectivity index (χ3n) is 2.05. The summed E-state index contributed by atoms with van der Waals surface area (Å²) in [7, 11) is 0. The van der Waals surface area contributed by atoms with Crippen molar-refractivity contribution in [2.45, 2.75) is 39.7 Å². The van der Waals surface area contributed by atoms with Gasteiger partial charge in [0, 0.05) is 18.2 Å². The van der Waals surface area contributed by atoms with Crippen LogP contribution in [0.4, 0.5) is 5.82 Å². The minimum absolute atomic E-state index is 0.00411. The predicted molar refractivity (Wildman–Crippen MR) is 74.2 cm³/mol. The van der Waals surface area contributed by atoms with E-state index in [4.69, 9.17) is 9.47 Å². The van der Waals surface area contributed by atoms with Crippen molar-refractivity contribution in [3.8, 4) is 5.88 Å². The molecule has 0 atom stereocenters. The molecule has 4 heteroatoms. The lowest BCUT2D eigenvalue weighted by atomic mass is 10.1. The molecule has 0 aliphatic heterocycles. The number of ether oxygens (including phenoxy) is 2. The van der Waals surface area contributed by atoms with Gasteiger partial charge in [0.2, 0.25) is 5.88 Å². The molecule has 0 saturated carbocycles. The third kappa shape index (κ3) is 6.45. The first-order valence-electron chi connectivity index (χ1n) is 6.47. The summed E-state index contributed by atoms with van der Waals surface area (Å²) < 4.78 is 10.9. The van der Waals surface area contributed by atoms with E-state index in [0.717, 1.165) is 18.8 Å². The number of hydrogen-bond donors (Lipinski definition) is 1. The normalized spacial score (nSPS) is 11.3. The number of nitrogens with one attached hydrogen (secondary N) is 1. The summed E-state index contributed by atoms with van der Waals surface area (Å²) in [5.74, 6) is 1.46. The fourth-order valence-electron chi connectivity index (χ4n) is 1.40. The van der Waals surface area contributed by atoms with Crippen molar-refractivity contribution < 1.29 is 9.47 Å². The van der Waals surface area contributed by atoms with Crippen LogP contribution in [0.5, 0.6) is 5.88 Å². The zero-order valence-corrected chi connectivity index (χ0v) is 11.8. The summed E-state index contributed by atoms with van der Waals surface area (Å²) in [6.07, 6.45) is 1.03. The highest BCUT2D eigenvalue weighted by atomic mass is 16.5. The van der Waals surface area contributed by atoms with Crippen LogP contribution in [0.25, 0.3) is 0 Å². The van der Waals surface area contributed by atoms with E-state index in [2.05, 4.69) is 38.0 Å². The fourth-order valence-corrected chi connectivity index (χ4v) is 1.40. The number of hydrogen-bond acceptors (Lipinski definition) is 4. The van der Waals surface area contributed by atoms with Gasteiger partial charge in [-0.2, -0.15) is 4.98 Å². The maximum Gasteiger partial charge on any atom is 0.215 e. The van der Waals surface area contributed by atoms with E-state index < -0.39 is 0 Å². The highest BCUT2D eigenvalue weighted by Crippen LogP contribution is 2.15. The molecule has 0 unspecified atom stereocenters. The van der Waals surface area contributed by atoms with Crippen LogP contribution in [-0.4, -0.2) is 30.3 Å². The first-order valence-corrected chi connectivity index (χ1v) is 6.47. The van der Waals surface area contributed by atoms with Gasteiger partial charge in [0.05, 0.1) is 6.61 Å². The molecular formula is C14H24N2O2. The van der Waals surface area contributed by atoms with Crippen LogP contribution in [0.3, 0.4) is 0 Å². The Labute approximate surface area is 110 Å². The summed E-state index contributed by atoms with van der Waals surface area (Å²) in [6.45, 7) is 10.3. The Morgan fingerprint density at radius 2 is 1.94 bits per heavy atom. The topological polar surface area (TPSA) is 43.4 Å². The lowest BCUT2D eigenvalue weighted by Crippen LogP contribution is -2.26. The summed E-state index contributed by atoms with van der Waals surface area (Å²) in [6, 6.07) is 5.72. The zero-order valence-electron chi connectivity index (χ0n) is 11.8. The largest absolute Gasteiger partial charge is 0.475 e. The van der Waals surface area contributed by atoms with E-state index >= 15 is 0 Å². The van der Waals surface area contributed by atoms with E-state index in [1.54, 1.807) is 0 Å². The van der Waals surface area contributed by atoms with Crippen LogP contribution in [0.2, 0.25) is 0 Å². The van der Waals surface area contributed by atoms with Crippen molar-refractivity contribution >= 4 is 5.82 Å². The van der Waals surface area contributed by atoms with Crippen molar-refractivity contribution in [1.29, 1.82) is 0 Å². The molecule has 0 radical (unpaired) electrons. The highest BCUT2D eigenvalue weighted by molar-refractivity contribution is 5.39. The Morgan fingerprint density at radius 1 is 1.17 bits per heavy atom. The van der Waals surface area contributed by atoms with E-state index in [-0.39, 0.29) is 5.54 Å². The van der Waals surface area contributed by atoms with Gasteiger partial charge in [-0.25, -0.2) is 0 Å². The van der Waals surface area contributed by atoms with Gasteiger partial charge in [-0.15, -0.1) is 0 Å². The van der Waals surface area contributed by atoms with E-state index in [0.29, 0.717) is 19.1 Å². The summed E-state index contributed by atoms with van der Waals surface area (Å²) in [5, 5.41) is 3.31. The second-order valence-electron chi connectivity index (χ2n) is 5.20. The highest BCUT2D eigenvalue weighted by Gasteiger charge is 2.10. The maximum atomic E-state index is 5.53. The van der Waals surface area contributed by atoms with Gasteiger partial charge in [0.25, 0.3) is 0 Å². The Kier molecular flexibility index (Phi) is 5.92. The van der Waals surface area contributed by atoms with Crippen molar-refractivity contribution in [3.63, 3.8) is 0 Å². The number of aromatic nitrogens is 1. The Balaban J connectivity index is 2.40. The molecule has 1 heterocycles. The molecule has 102 valence electrons. The van der Waals surface area contributed by atoms with Crippen molar-refractivity contribution in [2.75, 3.05) is 25.1 Å². The smallest absolute Gasteiger partial charge is 0.215 e. The second kappa shape index (κ2) is 7.21. The minimum atomic E-state index is -0.00411. The van der Waals surface area contributed by atoms with Gasteiger partial charge in [-0.1, -0.05) is 13.0 Å². The first-order chi connectivity index (χ1) is 8.51. The first kappa shape index (κ1) is 14.8. The van der Waals surface area contributed by atoms with Crippen LogP contribution < -0.4 is 10.1 Å². The standard InChI is InChI=1S/C14H24N2O2/c1-5-9-17-10-11-18-13-8-6-7-12(15-13)16-14(2,3)4/h6-8H,5,9-11H2,1-4H3,(H,15,16). The number of anilines is 1. The SMILES string of the molecule is CCCOCCOc1cccc(NC(C)(C)C)n1. The van der Waals surface area contributed by atoms with Gasteiger partial charge in [-0.05, 0) is 33.3 Å². The second-order valence-corrected chi connectivity index (χ2v) is 5.20. The van der Waals surface area contributed by atoms with Gasteiger partial charge < -0.3 is 14.8 Å². The Bertz CT molecular complexity index is 348. The minimum Gasteiger partial charge on any atom is -0.475 e. The summed E-state index contributed by atoms with van der Waals surface area (Å²) >= 11 is 0. The molecule has 0 bridgehead atoms. The van der Waals surface area contributed by atoms with Gasteiger partial charge in [0.15, 0.2) is 0 Å². The number of nitrogens with zero attached hydrogens (tertiary/aromatic N) is 1. The maximum absolute atomic E-state index is 5.53. The number of rotatable bonds is 7. The third-order valence-corrected chi connectivity index (χ3v) is 2.05. The van der Waals surface area contributed by atoms with E-state index in [1.807, 2.05) is 18.2 Å². The molecule has 18 heavy (non-hydrogen) atoms. The average molecular weight is 252 g/mol. The lowest BCUT2D eigenvalue weighted by molar-refractivity contribution is 0.0991. The monoisotopic (exact) mass is 252 g/mol. The molecule has 1 aromatic heterocycles. The molecule has 0 saturated heterocycles. The Hall–Kier alpha value is -1.29. The lowest BCUT2D eigenvalue weighted by Gasteiger charge is -2.21.